The molecule has 0 aliphatic carbocycles. The van der Waals surface area contributed by atoms with Crippen LogP contribution in [-0.2, 0) is 12.3 Å². The quantitative estimate of drug-likeness (QED) is 0.394. The number of aromatic nitrogens is 3. The zero-order chi connectivity index (χ0) is 17.9. The van der Waals surface area contributed by atoms with Crippen molar-refractivity contribution in [1.29, 1.82) is 0 Å². The van der Waals surface area contributed by atoms with Crippen molar-refractivity contribution in [3.8, 4) is 11.4 Å². The fourth-order valence-electron chi connectivity index (χ4n) is 3.05. The molecule has 1 heterocycles. The lowest BCUT2D eigenvalue weighted by molar-refractivity contribution is 0.687. The molecule has 0 radical (unpaired) electrons. The summed E-state index contributed by atoms with van der Waals surface area (Å²) in [5.74, 6) is 1.74. The summed E-state index contributed by atoms with van der Waals surface area (Å²) in [6.07, 6.45) is 0. The van der Waals surface area contributed by atoms with Crippen molar-refractivity contribution in [2.75, 3.05) is 0 Å². The van der Waals surface area contributed by atoms with Crippen molar-refractivity contribution >= 4 is 34.1 Å². The number of thioether (sulfide) groups is 1. The van der Waals surface area contributed by atoms with Crippen LogP contribution < -0.4 is 0 Å². The van der Waals surface area contributed by atoms with Crippen LogP contribution in [0.25, 0.3) is 22.2 Å². The summed E-state index contributed by atoms with van der Waals surface area (Å²) < 4.78 is 2.15. The van der Waals surface area contributed by atoms with Gasteiger partial charge in [-0.15, -0.1) is 10.2 Å². The molecule has 5 heteroatoms. The van der Waals surface area contributed by atoms with E-state index in [0.29, 0.717) is 0 Å². The maximum absolute atomic E-state index is 6.00. The summed E-state index contributed by atoms with van der Waals surface area (Å²) in [7, 11) is 0. The number of rotatable bonds is 5. The molecule has 3 aromatic carbocycles. The molecule has 3 nitrogen and oxygen atoms in total. The van der Waals surface area contributed by atoms with Crippen LogP contribution in [0.3, 0.4) is 0 Å². The van der Waals surface area contributed by atoms with Gasteiger partial charge in [-0.3, -0.25) is 0 Å². The Hall–Kier alpha value is -2.30. The second kappa shape index (κ2) is 7.52. The first-order valence-corrected chi connectivity index (χ1v) is 9.91. The smallest absolute Gasteiger partial charge is 0.191 e. The molecule has 0 bridgehead atoms. The predicted molar refractivity (Wildman–Crippen MR) is 110 cm³/mol. The molecule has 0 unspecified atom stereocenters. The third kappa shape index (κ3) is 3.35. The Balaban J connectivity index is 1.61. The Bertz CT molecular complexity index is 1040. The van der Waals surface area contributed by atoms with Gasteiger partial charge in [-0.1, -0.05) is 65.8 Å². The molecule has 0 aliphatic heterocycles. The summed E-state index contributed by atoms with van der Waals surface area (Å²) in [5.41, 5.74) is 2.34. The highest BCUT2D eigenvalue weighted by atomic mass is 35.5. The van der Waals surface area contributed by atoms with Crippen LogP contribution in [-0.4, -0.2) is 14.8 Å². The third-order valence-corrected chi connectivity index (χ3v) is 5.64. The van der Waals surface area contributed by atoms with Gasteiger partial charge in [0, 0.05) is 22.9 Å². The van der Waals surface area contributed by atoms with Gasteiger partial charge in [0.15, 0.2) is 11.0 Å². The largest absolute Gasteiger partial charge is 0.302 e. The predicted octanol–water partition coefficient (Wildman–Crippen LogP) is 6.06. The Morgan fingerprint density at radius 3 is 2.50 bits per heavy atom. The van der Waals surface area contributed by atoms with Gasteiger partial charge in [0.1, 0.15) is 0 Å². The monoisotopic (exact) mass is 379 g/mol. The second-order valence-electron chi connectivity index (χ2n) is 5.98. The minimum absolute atomic E-state index is 0.724. The minimum Gasteiger partial charge on any atom is -0.302 e. The van der Waals surface area contributed by atoms with E-state index in [1.165, 1.54) is 16.3 Å². The van der Waals surface area contributed by atoms with Gasteiger partial charge in [0.25, 0.3) is 0 Å². The van der Waals surface area contributed by atoms with E-state index in [0.717, 1.165) is 33.9 Å². The molecule has 0 aliphatic rings. The van der Waals surface area contributed by atoms with Crippen LogP contribution in [0.1, 0.15) is 12.5 Å². The molecule has 0 N–H and O–H groups in total. The van der Waals surface area contributed by atoms with Crippen LogP contribution in [0, 0.1) is 0 Å². The number of hydrogen-bond donors (Lipinski definition) is 0. The van der Waals surface area contributed by atoms with E-state index in [1.54, 1.807) is 11.8 Å². The summed E-state index contributed by atoms with van der Waals surface area (Å²) in [5, 5.41) is 13.1. The lowest BCUT2D eigenvalue weighted by atomic mass is 10.1. The number of benzene rings is 3. The molecule has 0 saturated heterocycles. The zero-order valence-electron chi connectivity index (χ0n) is 14.4. The van der Waals surface area contributed by atoms with Gasteiger partial charge in [0.05, 0.1) is 0 Å². The van der Waals surface area contributed by atoms with Crippen LogP contribution in [0.5, 0.6) is 0 Å². The normalized spacial score (nSPS) is 11.2. The van der Waals surface area contributed by atoms with Gasteiger partial charge < -0.3 is 4.57 Å². The second-order valence-corrected chi connectivity index (χ2v) is 7.36. The van der Waals surface area contributed by atoms with Gasteiger partial charge in [-0.25, -0.2) is 0 Å². The van der Waals surface area contributed by atoms with Crippen LogP contribution in [0.15, 0.2) is 71.9 Å². The molecule has 1 aromatic heterocycles. The van der Waals surface area contributed by atoms with E-state index in [9.17, 15) is 0 Å². The van der Waals surface area contributed by atoms with Crippen molar-refractivity contribution in [1.82, 2.24) is 14.8 Å². The van der Waals surface area contributed by atoms with Gasteiger partial charge in [0.2, 0.25) is 0 Å². The van der Waals surface area contributed by atoms with Gasteiger partial charge >= 0.3 is 0 Å². The number of hydrogen-bond acceptors (Lipinski definition) is 3. The van der Waals surface area contributed by atoms with Gasteiger partial charge in [-0.2, -0.15) is 0 Å². The van der Waals surface area contributed by atoms with Crippen LogP contribution in [0.4, 0.5) is 0 Å². The van der Waals surface area contributed by atoms with E-state index >= 15 is 0 Å². The maximum atomic E-state index is 6.00. The molecular formula is C21H18ClN3S. The summed E-state index contributed by atoms with van der Waals surface area (Å²) in [4.78, 5) is 0. The zero-order valence-corrected chi connectivity index (χ0v) is 16.0. The molecule has 0 atom stereocenters. The van der Waals surface area contributed by atoms with E-state index in [-0.39, 0.29) is 0 Å². The lowest BCUT2D eigenvalue weighted by Gasteiger charge is -2.09. The van der Waals surface area contributed by atoms with E-state index in [4.69, 9.17) is 11.6 Å². The Labute approximate surface area is 162 Å². The van der Waals surface area contributed by atoms with Gasteiger partial charge in [-0.05, 0) is 47.5 Å². The van der Waals surface area contributed by atoms with Crippen LogP contribution >= 0.6 is 23.4 Å². The highest BCUT2D eigenvalue weighted by Crippen LogP contribution is 2.29. The first kappa shape index (κ1) is 17.1. The highest BCUT2D eigenvalue weighted by Gasteiger charge is 2.13. The molecule has 4 aromatic rings. The summed E-state index contributed by atoms with van der Waals surface area (Å²) >= 11 is 7.72. The first-order chi connectivity index (χ1) is 12.8. The first-order valence-electron chi connectivity index (χ1n) is 8.55. The maximum Gasteiger partial charge on any atom is 0.191 e. The van der Waals surface area contributed by atoms with Crippen molar-refractivity contribution < 1.29 is 0 Å². The molecule has 130 valence electrons. The molecule has 0 spiro atoms. The third-order valence-electron chi connectivity index (χ3n) is 4.37. The topological polar surface area (TPSA) is 30.7 Å². The fraction of sp³-hybridized carbons (Fsp3) is 0.143. The van der Waals surface area contributed by atoms with E-state index in [2.05, 4.69) is 64.2 Å². The van der Waals surface area contributed by atoms with Crippen molar-refractivity contribution in [3.63, 3.8) is 0 Å². The molecule has 0 fully saturated rings. The Kier molecular flexibility index (Phi) is 4.96. The molecule has 4 rings (SSSR count). The average molecular weight is 380 g/mol. The number of nitrogens with zero attached hydrogens (tertiary/aromatic N) is 3. The summed E-state index contributed by atoms with van der Waals surface area (Å²) in [6.45, 7) is 2.94. The lowest BCUT2D eigenvalue weighted by Crippen LogP contribution is -2.00. The fourth-order valence-corrected chi connectivity index (χ4v) is 4.19. The Morgan fingerprint density at radius 1 is 0.923 bits per heavy atom. The molecular weight excluding hydrogens is 362 g/mol. The molecule has 0 saturated carbocycles. The number of fused-ring (bicyclic) bond motifs is 1. The van der Waals surface area contributed by atoms with E-state index < -0.39 is 0 Å². The molecule has 26 heavy (non-hydrogen) atoms. The number of halogens is 1. The van der Waals surface area contributed by atoms with Crippen molar-refractivity contribution in [3.05, 3.63) is 77.3 Å². The summed E-state index contributed by atoms with van der Waals surface area (Å²) in [6, 6.07) is 22.7. The van der Waals surface area contributed by atoms with Crippen molar-refractivity contribution in [2.24, 2.45) is 0 Å². The molecule has 0 amide bonds. The SMILES string of the molecule is CCn1c(SCc2cccc3ccccc23)nnc1-c1ccc(Cl)cc1. The Morgan fingerprint density at radius 2 is 1.69 bits per heavy atom. The average Bonchev–Trinajstić information content (AvgIpc) is 3.09. The van der Waals surface area contributed by atoms with Crippen molar-refractivity contribution in [2.45, 2.75) is 24.4 Å². The minimum atomic E-state index is 0.724. The van der Waals surface area contributed by atoms with E-state index in [1.807, 2.05) is 24.3 Å². The standard InChI is InChI=1S/C21H18ClN3S/c1-2-25-20(16-10-12-18(22)13-11-16)23-24-21(25)26-14-17-8-5-7-15-6-3-4-9-19(15)17/h3-13H,2,14H2,1H3. The highest BCUT2D eigenvalue weighted by molar-refractivity contribution is 7.98. The van der Waals surface area contributed by atoms with Crippen LogP contribution in [0.2, 0.25) is 5.02 Å².